The second kappa shape index (κ2) is 5.92. The van der Waals surface area contributed by atoms with Crippen molar-refractivity contribution in [2.24, 2.45) is 0 Å². The molecule has 1 amide bonds. The summed E-state index contributed by atoms with van der Waals surface area (Å²) in [5.41, 5.74) is 8.86. The molecule has 1 aromatic carbocycles. The van der Waals surface area contributed by atoms with E-state index < -0.39 is 0 Å². The average molecular weight is 290 g/mol. The van der Waals surface area contributed by atoms with Crippen LogP contribution < -0.4 is 16.0 Å². The van der Waals surface area contributed by atoms with E-state index >= 15 is 0 Å². The van der Waals surface area contributed by atoms with Gasteiger partial charge < -0.3 is 16.0 Å². The van der Waals surface area contributed by atoms with Gasteiger partial charge in [0, 0.05) is 25.2 Å². The van der Waals surface area contributed by atoms with Crippen molar-refractivity contribution in [1.82, 2.24) is 10.3 Å². The molecule has 0 aliphatic heterocycles. The molecule has 0 radical (unpaired) electrons. The zero-order valence-electron chi connectivity index (χ0n) is 11.8. The molecular weight excluding hydrogens is 272 g/mol. The van der Waals surface area contributed by atoms with Crippen molar-refractivity contribution >= 4 is 28.6 Å². The first-order valence-electron chi connectivity index (χ1n) is 6.25. The lowest BCUT2D eigenvalue weighted by atomic mass is 10.1. The topological polar surface area (TPSA) is 71.2 Å². The Morgan fingerprint density at radius 3 is 2.85 bits per heavy atom. The number of aromatic nitrogens is 1. The van der Waals surface area contributed by atoms with Crippen LogP contribution in [0.3, 0.4) is 0 Å². The van der Waals surface area contributed by atoms with E-state index in [0.29, 0.717) is 17.8 Å². The van der Waals surface area contributed by atoms with E-state index in [9.17, 15) is 4.79 Å². The van der Waals surface area contributed by atoms with Gasteiger partial charge in [0.25, 0.3) is 5.91 Å². The number of nitrogens with zero attached hydrogens (tertiary/aromatic N) is 2. The SMILES string of the molecule is CNC(=O)c1ccc(N)cc1N(C)Cc1csc(C)n1. The third kappa shape index (κ3) is 3.08. The summed E-state index contributed by atoms with van der Waals surface area (Å²) in [6.45, 7) is 2.61. The lowest BCUT2D eigenvalue weighted by Crippen LogP contribution is -2.24. The highest BCUT2D eigenvalue weighted by Gasteiger charge is 2.14. The number of benzene rings is 1. The first-order valence-corrected chi connectivity index (χ1v) is 7.13. The number of nitrogen functional groups attached to an aromatic ring is 1. The largest absolute Gasteiger partial charge is 0.399 e. The fourth-order valence-corrected chi connectivity index (χ4v) is 2.60. The fraction of sp³-hybridized carbons (Fsp3) is 0.286. The normalized spacial score (nSPS) is 10.3. The molecule has 1 aromatic heterocycles. The molecule has 5 nitrogen and oxygen atoms in total. The molecular formula is C14H18N4OS. The van der Waals surface area contributed by atoms with Crippen LogP contribution in [0.25, 0.3) is 0 Å². The Morgan fingerprint density at radius 1 is 1.50 bits per heavy atom. The number of amides is 1. The predicted octanol–water partition coefficient (Wildman–Crippen LogP) is 2.03. The second-order valence-corrected chi connectivity index (χ2v) is 5.63. The van der Waals surface area contributed by atoms with Gasteiger partial charge in [0.1, 0.15) is 0 Å². The lowest BCUT2D eigenvalue weighted by molar-refractivity contribution is 0.0963. The number of nitrogens with one attached hydrogen (secondary N) is 1. The van der Waals surface area contributed by atoms with Gasteiger partial charge in [0.2, 0.25) is 0 Å². The minimum atomic E-state index is -0.124. The monoisotopic (exact) mass is 290 g/mol. The Morgan fingerprint density at radius 2 is 2.25 bits per heavy atom. The second-order valence-electron chi connectivity index (χ2n) is 4.57. The third-order valence-corrected chi connectivity index (χ3v) is 3.79. The molecule has 0 atom stereocenters. The van der Waals surface area contributed by atoms with Crippen molar-refractivity contribution in [3.8, 4) is 0 Å². The third-order valence-electron chi connectivity index (χ3n) is 2.97. The zero-order valence-corrected chi connectivity index (χ0v) is 12.6. The minimum Gasteiger partial charge on any atom is -0.399 e. The van der Waals surface area contributed by atoms with Gasteiger partial charge in [-0.1, -0.05) is 0 Å². The van der Waals surface area contributed by atoms with Gasteiger partial charge in [0.05, 0.1) is 28.5 Å². The van der Waals surface area contributed by atoms with Crippen LogP contribution in [-0.2, 0) is 6.54 Å². The highest BCUT2D eigenvalue weighted by atomic mass is 32.1. The zero-order chi connectivity index (χ0) is 14.7. The Balaban J connectivity index is 2.30. The van der Waals surface area contributed by atoms with E-state index in [-0.39, 0.29) is 5.91 Å². The highest BCUT2D eigenvalue weighted by Crippen LogP contribution is 2.24. The maximum absolute atomic E-state index is 11.9. The predicted molar refractivity (Wildman–Crippen MR) is 83.2 cm³/mol. The van der Waals surface area contributed by atoms with Crippen LogP contribution in [0.15, 0.2) is 23.6 Å². The first kappa shape index (κ1) is 14.3. The summed E-state index contributed by atoms with van der Waals surface area (Å²) < 4.78 is 0. The number of hydrogen-bond acceptors (Lipinski definition) is 5. The number of thiazole rings is 1. The van der Waals surface area contributed by atoms with Gasteiger partial charge in [-0.3, -0.25) is 4.79 Å². The van der Waals surface area contributed by atoms with Crippen LogP contribution >= 0.6 is 11.3 Å². The van der Waals surface area contributed by atoms with Gasteiger partial charge in [-0.25, -0.2) is 4.98 Å². The summed E-state index contributed by atoms with van der Waals surface area (Å²) in [6.07, 6.45) is 0. The smallest absolute Gasteiger partial charge is 0.253 e. The summed E-state index contributed by atoms with van der Waals surface area (Å²) in [4.78, 5) is 18.3. The Kier molecular flexibility index (Phi) is 4.24. The average Bonchev–Trinajstić information content (AvgIpc) is 2.83. The molecule has 106 valence electrons. The summed E-state index contributed by atoms with van der Waals surface area (Å²) in [6, 6.07) is 5.28. The number of hydrogen-bond donors (Lipinski definition) is 2. The van der Waals surface area contributed by atoms with Gasteiger partial charge in [-0.05, 0) is 25.1 Å². The van der Waals surface area contributed by atoms with E-state index in [1.54, 1.807) is 30.5 Å². The lowest BCUT2D eigenvalue weighted by Gasteiger charge is -2.21. The number of aryl methyl sites for hydroxylation is 1. The summed E-state index contributed by atoms with van der Waals surface area (Å²) in [5.74, 6) is -0.124. The molecule has 0 aliphatic carbocycles. The molecule has 0 fully saturated rings. The number of anilines is 2. The van der Waals surface area contributed by atoms with Crippen molar-refractivity contribution in [3.63, 3.8) is 0 Å². The van der Waals surface area contributed by atoms with Gasteiger partial charge in [-0.2, -0.15) is 0 Å². The number of nitrogens with two attached hydrogens (primary N) is 1. The molecule has 3 N–H and O–H groups in total. The maximum Gasteiger partial charge on any atom is 0.253 e. The molecule has 0 saturated carbocycles. The van der Waals surface area contributed by atoms with Crippen molar-refractivity contribution in [2.45, 2.75) is 13.5 Å². The molecule has 20 heavy (non-hydrogen) atoms. The molecule has 6 heteroatoms. The van der Waals surface area contributed by atoms with E-state index in [4.69, 9.17) is 5.73 Å². The fourth-order valence-electron chi connectivity index (χ4n) is 2.00. The molecule has 0 spiro atoms. The van der Waals surface area contributed by atoms with Crippen LogP contribution in [0.1, 0.15) is 21.1 Å². The molecule has 0 bridgehead atoms. The first-order chi connectivity index (χ1) is 9.51. The van der Waals surface area contributed by atoms with Crippen LogP contribution in [0, 0.1) is 6.92 Å². The Labute approximate surface area is 122 Å². The van der Waals surface area contributed by atoms with Crippen molar-refractivity contribution < 1.29 is 4.79 Å². The molecule has 2 aromatic rings. The van der Waals surface area contributed by atoms with E-state index in [2.05, 4.69) is 10.3 Å². The maximum atomic E-state index is 11.9. The quantitative estimate of drug-likeness (QED) is 0.845. The summed E-state index contributed by atoms with van der Waals surface area (Å²) in [5, 5.41) is 5.70. The molecule has 1 heterocycles. The van der Waals surface area contributed by atoms with E-state index in [1.165, 1.54) is 0 Å². The van der Waals surface area contributed by atoms with Gasteiger partial charge in [0.15, 0.2) is 0 Å². The van der Waals surface area contributed by atoms with Crippen LogP contribution in [0.4, 0.5) is 11.4 Å². The number of carbonyl (C=O) groups is 1. The summed E-state index contributed by atoms with van der Waals surface area (Å²) in [7, 11) is 3.54. The van der Waals surface area contributed by atoms with Crippen LogP contribution in [0.5, 0.6) is 0 Å². The van der Waals surface area contributed by atoms with Crippen molar-refractivity contribution in [3.05, 3.63) is 39.8 Å². The van der Waals surface area contributed by atoms with Gasteiger partial charge >= 0.3 is 0 Å². The molecule has 0 unspecified atom stereocenters. The summed E-state index contributed by atoms with van der Waals surface area (Å²) >= 11 is 1.62. The van der Waals surface area contributed by atoms with Crippen LogP contribution in [0.2, 0.25) is 0 Å². The van der Waals surface area contributed by atoms with E-state index in [0.717, 1.165) is 16.4 Å². The van der Waals surface area contributed by atoms with E-state index in [1.807, 2.05) is 30.3 Å². The molecule has 2 rings (SSSR count). The minimum absolute atomic E-state index is 0.124. The molecule has 0 aliphatic rings. The number of rotatable bonds is 4. The molecule has 0 saturated heterocycles. The number of carbonyl (C=O) groups excluding carboxylic acids is 1. The Hall–Kier alpha value is -2.08. The van der Waals surface area contributed by atoms with Crippen molar-refractivity contribution in [1.29, 1.82) is 0 Å². The van der Waals surface area contributed by atoms with Crippen LogP contribution in [-0.4, -0.2) is 25.0 Å². The standard InChI is InChI=1S/C14H18N4OS/c1-9-17-11(8-20-9)7-18(3)13-6-10(15)4-5-12(13)14(19)16-2/h4-6,8H,7,15H2,1-3H3,(H,16,19). The van der Waals surface area contributed by atoms with Crippen molar-refractivity contribution in [2.75, 3.05) is 24.7 Å². The Bertz CT molecular complexity index is 623. The van der Waals surface area contributed by atoms with Gasteiger partial charge in [-0.15, -0.1) is 11.3 Å². The highest BCUT2D eigenvalue weighted by molar-refractivity contribution is 7.09.